The van der Waals surface area contributed by atoms with Gasteiger partial charge in [-0.3, -0.25) is 4.79 Å². The topological polar surface area (TPSA) is 80.9 Å². The zero-order chi connectivity index (χ0) is 22.5. The molecule has 1 N–H and O–H groups in total. The summed E-state index contributed by atoms with van der Waals surface area (Å²) < 4.78 is 3.35. The summed E-state index contributed by atoms with van der Waals surface area (Å²) in [5, 5.41) is 14.9. The molecule has 0 bridgehead atoms. The quantitative estimate of drug-likeness (QED) is 0.415. The van der Waals surface area contributed by atoms with Gasteiger partial charge in [0.25, 0.3) is 5.56 Å². The molecular weight excluding hydrogens is 436 g/mol. The highest BCUT2D eigenvalue weighted by Gasteiger charge is 2.14. The van der Waals surface area contributed by atoms with Gasteiger partial charge < -0.3 is 9.55 Å². The molecule has 0 radical (unpaired) electrons. The number of nitrogens with one attached hydrogen (secondary N) is 1. The van der Waals surface area contributed by atoms with Gasteiger partial charge in [0, 0.05) is 40.4 Å². The average Bonchev–Trinajstić information content (AvgIpc) is 3.43. The molecular formula is C25H19ClN6O. The van der Waals surface area contributed by atoms with Crippen molar-refractivity contribution in [3.63, 3.8) is 0 Å². The normalized spacial score (nSPS) is 11.7. The molecule has 0 atom stereocenters. The number of H-pyrrole nitrogens is 1. The second kappa shape index (κ2) is 7.56. The van der Waals surface area contributed by atoms with Crippen LogP contribution >= 0.6 is 11.6 Å². The van der Waals surface area contributed by atoms with Gasteiger partial charge in [0.05, 0.1) is 6.20 Å². The Morgan fingerprint density at radius 3 is 2.76 bits per heavy atom. The fourth-order valence-corrected chi connectivity index (χ4v) is 4.40. The van der Waals surface area contributed by atoms with Gasteiger partial charge >= 0.3 is 0 Å². The predicted octanol–water partition coefficient (Wildman–Crippen LogP) is 4.79. The highest BCUT2D eigenvalue weighted by Crippen LogP contribution is 2.26. The molecule has 0 aliphatic carbocycles. The monoisotopic (exact) mass is 454 g/mol. The van der Waals surface area contributed by atoms with Gasteiger partial charge in [0.15, 0.2) is 11.2 Å². The number of halogens is 1. The second-order valence-corrected chi connectivity index (χ2v) is 8.60. The van der Waals surface area contributed by atoms with E-state index in [9.17, 15) is 4.79 Å². The molecule has 2 aromatic carbocycles. The summed E-state index contributed by atoms with van der Waals surface area (Å²) in [5.41, 5.74) is 6.60. The average molecular weight is 455 g/mol. The summed E-state index contributed by atoms with van der Waals surface area (Å²) in [5.74, 6) is 0. The number of fused-ring (bicyclic) bond motifs is 4. The molecule has 6 aromatic rings. The Morgan fingerprint density at radius 2 is 1.91 bits per heavy atom. The number of hydrogen-bond acceptors (Lipinski definition) is 4. The maximum Gasteiger partial charge on any atom is 0.280 e. The van der Waals surface area contributed by atoms with E-state index in [1.807, 2.05) is 36.5 Å². The fourth-order valence-electron chi connectivity index (χ4n) is 4.28. The number of benzene rings is 2. The summed E-state index contributed by atoms with van der Waals surface area (Å²) in [7, 11) is 0. The third-order valence-electron chi connectivity index (χ3n) is 6.04. The molecule has 4 aromatic heterocycles. The highest BCUT2D eigenvalue weighted by atomic mass is 35.5. The van der Waals surface area contributed by atoms with Crippen molar-refractivity contribution in [3.05, 3.63) is 93.6 Å². The first kappa shape index (κ1) is 19.7. The molecule has 33 heavy (non-hydrogen) atoms. The molecule has 0 aliphatic heterocycles. The third kappa shape index (κ3) is 3.29. The van der Waals surface area contributed by atoms with Gasteiger partial charge in [0.1, 0.15) is 5.52 Å². The fraction of sp³-hybridized carbons (Fsp3) is 0.120. The molecule has 0 unspecified atom stereocenters. The Labute approximate surface area is 193 Å². The van der Waals surface area contributed by atoms with Crippen molar-refractivity contribution in [1.29, 1.82) is 0 Å². The predicted molar refractivity (Wildman–Crippen MR) is 130 cm³/mol. The van der Waals surface area contributed by atoms with E-state index in [1.54, 1.807) is 21.5 Å². The molecule has 6 rings (SSSR count). The lowest BCUT2D eigenvalue weighted by atomic mass is 10.1. The summed E-state index contributed by atoms with van der Waals surface area (Å²) in [4.78, 5) is 16.5. The van der Waals surface area contributed by atoms with Crippen LogP contribution in [-0.4, -0.2) is 29.4 Å². The van der Waals surface area contributed by atoms with Crippen LogP contribution in [0.25, 0.3) is 38.7 Å². The smallest absolute Gasteiger partial charge is 0.280 e. The van der Waals surface area contributed by atoms with Crippen LogP contribution in [0.1, 0.15) is 11.1 Å². The zero-order valence-electron chi connectivity index (χ0n) is 17.8. The Bertz CT molecular complexity index is 1710. The van der Waals surface area contributed by atoms with Crippen LogP contribution in [0, 0.1) is 6.92 Å². The molecule has 162 valence electrons. The van der Waals surface area contributed by atoms with E-state index in [4.69, 9.17) is 11.6 Å². The van der Waals surface area contributed by atoms with Crippen molar-refractivity contribution in [2.75, 3.05) is 0 Å². The maximum absolute atomic E-state index is 13.2. The number of rotatable bonds is 4. The van der Waals surface area contributed by atoms with E-state index >= 15 is 0 Å². The molecule has 0 amide bonds. The van der Waals surface area contributed by atoms with E-state index < -0.39 is 0 Å². The summed E-state index contributed by atoms with van der Waals surface area (Å²) in [6, 6.07) is 15.7. The van der Waals surface area contributed by atoms with Crippen LogP contribution in [0.15, 0.2) is 71.9 Å². The first-order valence-corrected chi connectivity index (χ1v) is 11.0. The van der Waals surface area contributed by atoms with Crippen molar-refractivity contribution in [1.82, 2.24) is 29.4 Å². The lowest BCUT2D eigenvalue weighted by Gasteiger charge is -2.07. The minimum Gasteiger partial charge on any atom is -0.361 e. The van der Waals surface area contributed by atoms with Crippen LogP contribution in [0.4, 0.5) is 0 Å². The third-order valence-corrected chi connectivity index (χ3v) is 6.29. The van der Waals surface area contributed by atoms with Crippen molar-refractivity contribution >= 4 is 39.2 Å². The van der Waals surface area contributed by atoms with Crippen molar-refractivity contribution < 1.29 is 0 Å². The van der Waals surface area contributed by atoms with E-state index in [0.29, 0.717) is 28.2 Å². The largest absolute Gasteiger partial charge is 0.361 e. The first-order valence-electron chi connectivity index (χ1n) is 10.6. The van der Waals surface area contributed by atoms with Gasteiger partial charge in [-0.15, -0.1) is 10.2 Å². The summed E-state index contributed by atoms with van der Waals surface area (Å²) >= 11 is 6.01. The van der Waals surface area contributed by atoms with Gasteiger partial charge in [-0.2, -0.15) is 5.10 Å². The van der Waals surface area contributed by atoms with Crippen LogP contribution in [0.5, 0.6) is 0 Å². The van der Waals surface area contributed by atoms with Gasteiger partial charge in [-0.1, -0.05) is 35.4 Å². The summed E-state index contributed by atoms with van der Waals surface area (Å²) in [6.07, 6.45) is 6.28. The lowest BCUT2D eigenvalue weighted by molar-refractivity contribution is 0.674. The van der Waals surface area contributed by atoms with Crippen molar-refractivity contribution in [2.45, 2.75) is 19.9 Å². The number of hydrogen-bond donors (Lipinski definition) is 1. The van der Waals surface area contributed by atoms with E-state index in [1.165, 1.54) is 16.5 Å². The first-order chi connectivity index (χ1) is 16.1. The maximum atomic E-state index is 13.2. The zero-order valence-corrected chi connectivity index (χ0v) is 18.5. The number of aryl methyl sites for hydroxylation is 3. The Kier molecular flexibility index (Phi) is 4.52. The van der Waals surface area contributed by atoms with Crippen molar-refractivity contribution in [3.8, 4) is 11.1 Å². The SMILES string of the molecule is Cc1ccc2[nH]cc(CCn3ccc4c(nnc5c(-c6ccc(Cl)cc6)cnn54)c3=O)c2c1. The Morgan fingerprint density at radius 1 is 1.06 bits per heavy atom. The molecule has 0 spiro atoms. The van der Waals surface area contributed by atoms with Crippen molar-refractivity contribution in [2.24, 2.45) is 0 Å². The standard InChI is InChI=1S/C25H19ClN6O/c1-15-2-7-21-19(12-15)17(13-27-21)8-10-31-11-9-22-23(25(31)33)29-30-24-20(14-28-32(22)24)16-3-5-18(26)6-4-16/h2-7,9,11-14,27H,8,10H2,1H3. The van der Waals surface area contributed by atoms with Gasteiger partial charge in [-0.25, -0.2) is 4.52 Å². The second-order valence-electron chi connectivity index (χ2n) is 8.16. The van der Waals surface area contributed by atoms with E-state index in [-0.39, 0.29) is 5.56 Å². The Hall–Kier alpha value is -3.97. The number of pyridine rings is 1. The van der Waals surface area contributed by atoms with E-state index in [0.717, 1.165) is 23.1 Å². The number of aromatic amines is 1. The molecule has 4 heterocycles. The van der Waals surface area contributed by atoms with Crippen LogP contribution in [0.3, 0.4) is 0 Å². The Balaban J connectivity index is 1.37. The number of aromatic nitrogens is 6. The molecule has 8 heteroatoms. The van der Waals surface area contributed by atoms with Crippen LogP contribution in [-0.2, 0) is 13.0 Å². The van der Waals surface area contributed by atoms with Crippen LogP contribution in [0.2, 0.25) is 5.02 Å². The van der Waals surface area contributed by atoms with E-state index in [2.05, 4.69) is 45.4 Å². The molecule has 0 fully saturated rings. The molecule has 0 saturated carbocycles. The molecule has 0 aliphatic rings. The highest BCUT2D eigenvalue weighted by molar-refractivity contribution is 6.30. The number of nitrogens with zero attached hydrogens (tertiary/aromatic N) is 5. The minimum atomic E-state index is -0.179. The molecule has 0 saturated heterocycles. The lowest BCUT2D eigenvalue weighted by Crippen LogP contribution is -2.22. The van der Waals surface area contributed by atoms with Gasteiger partial charge in [0.2, 0.25) is 0 Å². The molecule has 7 nitrogen and oxygen atoms in total. The summed E-state index contributed by atoms with van der Waals surface area (Å²) in [6.45, 7) is 2.63. The van der Waals surface area contributed by atoms with Gasteiger partial charge in [-0.05, 0) is 54.8 Å². The minimum absolute atomic E-state index is 0.179. The van der Waals surface area contributed by atoms with Crippen LogP contribution < -0.4 is 5.56 Å².